The van der Waals surface area contributed by atoms with E-state index in [4.69, 9.17) is 18.9 Å². The molecule has 0 spiro atoms. The number of benzene rings is 3. The van der Waals surface area contributed by atoms with E-state index in [9.17, 15) is 17.8 Å². The van der Waals surface area contributed by atoms with Crippen molar-refractivity contribution in [2.24, 2.45) is 0 Å². The Hall–Kier alpha value is -4.61. The van der Waals surface area contributed by atoms with E-state index in [1.165, 1.54) is 6.07 Å². The molecule has 0 saturated carbocycles. The lowest BCUT2D eigenvalue weighted by atomic mass is 10.1. The molecule has 4 aromatic rings. The number of hydrogen-bond acceptors (Lipinski definition) is 8. The van der Waals surface area contributed by atoms with Crippen LogP contribution < -0.4 is 23.8 Å². The molecule has 0 aliphatic heterocycles. The lowest BCUT2D eigenvalue weighted by molar-refractivity contribution is -0.118. The molecule has 1 N–H and O–H groups in total. The molecule has 43 heavy (non-hydrogen) atoms. The standard InChI is InChI=1S/C32H34N2O8S/c1-5-31(35)34(21-24-20-27(39-3)13-14-29(24)40-4)28-7-6-17-33-32(28)42-26-11-9-25(10-12-26)41-18-16-23-19-22(2)8-15-30(23)43(36,37)38/h6-15,17,19-20H,5,16,18,21H2,1-4H3,(H,36,37,38). The van der Waals surface area contributed by atoms with Gasteiger partial charge in [0.15, 0.2) is 0 Å². The van der Waals surface area contributed by atoms with E-state index in [1.807, 2.05) is 13.0 Å². The van der Waals surface area contributed by atoms with Crippen molar-refractivity contribution in [2.75, 3.05) is 25.7 Å². The Morgan fingerprint density at radius 3 is 2.30 bits per heavy atom. The summed E-state index contributed by atoms with van der Waals surface area (Å²) >= 11 is 0. The van der Waals surface area contributed by atoms with Crippen LogP contribution in [-0.4, -0.2) is 44.7 Å². The highest BCUT2D eigenvalue weighted by molar-refractivity contribution is 7.85. The van der Waals surface area contributed by atoms with Crippen LogP contribution in [0.5, 0.6) is 28.9 Å². The fraction of sp³-hybridized carbons (Fsp3) is 0.250. The zero-order chi connectivity index (χ0) is 31.0. The van der Waals surface area contributed by atoms with Crippen LogP contribution in [-0.2, 0) is 27.9 Å². The Bertz CT molecular complexity index is 1670. The van der Waals surface area contributed by atoms with Crippen LogP contribution in [0, 0.1) is 6.92 Å². The SMILES string of the molecule is CCC(=O)N(Cc1cc(OC)ccc1OC)c1cccnc1Oc1ccc(OCCc2cc(C)ccc2S(=O)(=O)O)cc1. The summed E-state index contributed by atoms with van der Waals surface area (Å²) in [6.45, 7) is 4.04. The van der Waals surface area contributed by atoms with E-state index >= 15 is 0 Å². The highest BCUT2D eigenvalue weighted by Gasteiger charge is 2.22. The fourth-order valence-corrected chi connectivity index (χ4v) is 5.22. The van der Waals surface area contributed by atoms with Gasteiger partial charge in [0.1, 0.15) is 28.7 Å². The van der Waals surface area contributed by atoms with E-state index in [-0.39, 0.29) is 42.7 Å². The van der Waals surface area contributed by atoms with Crippen molar-refractivity contribution in [3.8, 4) is 28.9 Å². The number of carbonyl (C=O) groups is 1. The minimum absolute atomic E-state index is 0.128. The number of nitrogens with zero attached hydrogens (tertiary/aromatic N) is 2. The summed E-state index contributed by atoms with van der Waals surface area (Å²) in [6, 6.07) is 20.5. The minimum Gasteiger partial charge on any atom is -0.497 e. The molecule has 0 fully saturated rings. The number of methoxy groups -OCH3 is 2. The predicted octanol–water partition coefficient (Wildman–Crippen LogP) is 6.01. The zero-order valence-electron chi connectivity index (χ0n) is 24.4. The molecule has 10 nitrogen and oxygen atoms in total. The maximum atomic E-state index is 13.1. The molecule has 226 valence electrons. The van der Waals surface area contributed by atoms with E-state index in [0.717, 1.165) is 11.1 Å². The second kappa shape index (κ2) is 14.0. The van der Waals surface area contributed by atoms with Crippen LogP contribution in [0.4, 0.5) is 5.69 Å². The molecule has 1 aromatic heterocycles. The van der Waals surface area contributed by atoms with Gasteiger partial charge < -0.3 is 23.8 Å². The third-order valence-corrected chi connectivity index (χ3v) is 7.59. The average Bonchev–Trinajstić information content (AvgIpc) is 3.00. The molecule has 1 heterocycles. The van der Waals surface area contributed by atoms with Gasteiger partial charge in [0, 0.05) is 24.6 Å². The van der Waals surface area contributed by atoms with Crippen molar-refractivity contribution in [2.45, 2.75) is 38.1 Å². The van der Waals surface area contributed by atoms with Crippen molar-refractivity contribution in [1.29, 1.82) is 0 Å². The molecule has 0 atom stereocenters. The van der Waals surface area contributed by atoms with Crippen LogP contribution >= 0.6 is 0 Å². The van der Waals surface area contributed by atoms with Crippen molar-refractivity contribution < 1.29 is 36.7 Å². The van der Waals surface area contributed by atoms with Crippen LogP contribution in [0.2, 0.25) is 0 Å². The summed E-state index contributed by atoms with van der Waals surface area (Å²) in [7, 11) is -1.19. The minimum atomic E-state index is -4.34. The molecule has 0 aliphatic carbocycles. The molecule has 3 aromatic carbocycles. The zero-order valence-corrected chi connectivity index (χ0v) is 25.3. The highest BCUT2D eigenvalue weighted by atomic mass is 32.2. The number of carbonyl (C=O) groups excluding carboxylic acids is 1. The second-order valence-electron chi connectivity index (χ2n) is 9.60. The van der Waals surface area contributed by atoms with Crippen molar-refractivity contribution in [1.82, 2.24) is 4.98 Å². The molecular weight excluding hydrogens is 572 g/mol. The van der Waals surface area contributed by atoms with Gasteiger partial charge in [-0.15, -0.1) is 0 Å². The van der Waals surface area contributed by atoms with Gasteiger partial charge in [-0.3, -0.25) is 9.35 Å². The Kier molecular flexibility index (Phi) is 10.2. The van der Waals surface area contributed by atoms with Gasteiger partial charge in [0.2, 0.25) is 11.8 Å². The first-order chi connectivity index (χ1) is 20.6. The van der Waals surface area contributed by atoms with Crippen LogP contribution in [0.3, 0.4) is 0 Å². The topological polar surface area (TPSA) is 124 Å². The van der Waals surface area contributed by atoms with Gasteiger partial charge in [-0.25, -0.2) is 4.98 Å². The maximum Gasteiger partial charge on any atom is 0.294 e. The van der Waals surface area contributed by atoms with Crippen LogP contribution in [0.15, 0.2) is 83.9 Å². The molecular formula is C32H34N2O8S. The quantitative estimate of drug-likeness (QED) is 0.182. The molecule has 0 bridgehead atoms. The predicted molar refractivity (Wildman–Crippen MR) is 162 cm³/mol. The van der Waals surface area contributed by atoms with Crippen molar-refractivity contribution in [3.05, 3.63) is 95.7 Å². The number of aryl methyl sites for hydroxylation is 1. The third-order valence-electron chi connectivity index (χ3n) is 6.63. The Morgan fingerprint density at radius 1 is 0.907 bits per heavy atom. The molecule has 4 rings (SSSR count). The number of amides is 1. The number of pyridine rings is 1. The molecule has 0 unspecified atom stereocenters. The lowest BCUT2D eigenvalue weighted by Crippen LogP contribution is -2.30. The summed E-state index contributed by atoms with van der Waals surface area (Å²) < 4.78 is 55.8. The summed E-state index contributed by atoms with van der Waals surface area (Å²) in [5.41, 5.74) is 2.60. The Morgan fingerprint density at radius 2 is 1.63 bits per heavy atom. The second-order valence-corrected chi connectivity index (χ2v) is 11.0. The average molecular weight is 607 g/mol. The highest BCUT2D eigenvalue weighted by Crippen LogP contribution is 2.34. The number of aromatic nitrogens is 1. The summed E-state index contributed by atoms with van der Waals surface area (Å²) in [6.07, 6.45) is 2.13. The number of rotatable bonds is 13. The first kappa shape index (κ1) is 31.3. The van der Waals surface area contributed by atoms with Gasteiger partial charge in [0.25, 0.3) is 10.1 Å². The molecule has 0 aliphatic rings. The number of ether oxygens (including phenoxy) is 4. The monoisotopic (exact) mass is 606 g/mol. The Balaban J connectivity index is 1.49. The molecule has 0 radical (unpaired) electrons. The number of hydrogen-bond donors (Lipinski definition) is 1. The van der Waals surface area contributed by atoms with E-state index in [0.29, 0.717) is 34.2 Å². The normalized spacial score (nSPS) is 11.1. The number of anilines is 1. The largest absolute Gasteiger partial charge is 0.497 e. The lowest BCUT2D eigenvalue weighted by Gasteiger charge is -2.25. The van der Waals surface area contributed by atoms with E-state index < -0.39 is 10.1 Å². The molecule has 1 amide bonds. The van der Waals surface area contributed by atoms with Crippen molar-refractivity contribution in [3.63, 3.8) is 0 Å². The first-order valence-corrected chi connectivity index (χ1v) is 15.0. The maximum absolute atomic E-state index is 13.1. The van der Waals surface area contributed by atoms with Crippen LogP contribution in [0.25, 0.3) is 0 Å². The summed E-state index contributed by atoms with van der Waals surface area (Å²) in [4.78, 5) is 19.0. The van der Waals surface area contributed by atoms with Crippen LogP contribution in [0.1, 0.15) is 30.0 Å². The van der Waals surface area contributed by atoms with Crippen molar-refractivity contribution >= 4 is 21.7 Å². The van der Waals surface area contributed by atoms with Gasteiger partial charge in [-0.05, 0) is 73.2 Å². The van der Waals surface area contributed by atoms with Gasteiger partial charge >= 0.3 is 0 Å². The van der Waals surface area contributed by atoms with E-state index in [2.05, 4.69) is 4.98 Å². The Labute approximate surface area is 251 Å². The van der Waals surface area contributed by atoms with E-state index in [1.54, 1.807) is 92.9 Å². The smallest absolute Gasteiger partial charge is 0.294 e. The summed E-state index contributed by atoms with van der Waals surface area (Å²) in [5, 5.41) is 0. The molecule has 0 saturated heterocycles. The molecule has 11 heteroatoms. The first-order valence-electron chi connectivity index (χ1n) is 13.6. The fourth-order valence-electron chi connectivity index (χ4n) is 4.49. The van der Waals surface area contributed by atoms with Gasteiger partial charge in [0.05, 0.1) is 32.3 Å². The summed E-state index contributed by atoms with van der Waals surface area (Å²) in [5.74, 6) is 2.40. The van der Waals surface area contributed by atoms with Gasteiger partial charge in [-0.2, -0.15) is 8.42 Å². The third kappa shape index (κ3) is 8.02. The van der Waals surface area contributed by atoms with Gasteiger partial charge in [-0.1, -0.05) is 24.6 Å².